The highest BCUT2D eigenvalue weighted by molar-refractivity contribution is 5.82. The molecule has 2 unspecified atom stereocenters. The second-order valence-electron chi connectivity index (χ2n) is 6.43. The van der Waals surface area contributed by atoms with Gasteiger partial charge in [0.2, 0.25) is 5.95 Å². The van der Waals surface area contributed by atoms with Crippen molar-refractivity contribution in [2.24, 2.45) is 0 Å². The molecule has 1 aliphatic rings. The van der Waals surface area contributed by atoms with E-state index in [-0.39, 0.29) is 29.2 Å². The molecular formula is C17H21FN6O. The molecule has 1 aliphatic heterocycles. The number of rotatable bonds is 4. The summed E-state index contributed by atoms with van der Waals surface area (Å²) in [4.78, 5) is 23.1. The van der Waals surface area contributed by atoms with Crippen molar-refractivity contribution in [1.29, 1.82) is 5.41 Å². The highest BCUT2D eigenvalue weighted by Crippen LogP contribution is 2.32. The average Bonchev–Trinajstić information content (AvgIpc) is 3.01. The van der Waals surface area contributed by atoms with E-state index < -0.39 is 5.56 Å². The van der Waals surface area contributed by atoms with E-state index >= 15 is 0 Å². The van der Waals surface area contributed by atoms with E-state index in [0.717, 1.165) is 11.8 Å². The van der Waals surface area contributed by atoms with Crippen molar-refractivity contribution in [3.63, 3.8) is 0 Å². The second kappa shape index (κ2) is 6.64. The van der Waals surface area contributed by atoms with Crippen LogP contribution in [0.15, 0.2) is 29.1 Å². The number of aromatic amines is 1. The normalized spacial score (nSPS) is 20.2. The minimum atomic E-state index is -0.427. The largest absolute Gasteiger partial charge is 0.383 e. The third kappa shape index (κ3) is 3.25. The standard InChI is InChI=1S/C17H21FN6O/c1-23(2)14-9-24(8-13(14)10-3-5-11(18)6-4-10)17-21-15(20)12(7-19)16(25)22-17/h3-7,13-14,19H,8-9H2,1-2H3,(H3,20,21,22,25). The summed E-state index contributed by atoms with van der Waals surface area (Å²) in [6.07, 6.45) is 0.902. The van der Waals surface area contributed by atoms with Crippen LogP contribution in [0.1, 0.15) is 17.0 Å². The first-order valence-electron chi connectivity index (χ1n) is 7.97. The smallest absolute Gasteiger partial charge is 0.263 e. The zero-order valence-corrected chi connectivity index (χ0v) is 14.2. The van der Waals surface area contributed by atoms with Crippen molar-refractivity contribution in [3.05, 3.63) is 51.6 Å². The highest BCUT2D eigenvalue weighted by Gasteiger charge is 2.36. The van der Waals surface area contributed by atoms with Crippen molar-refractivity contribution in [2.75, 3.05) is 37.8 Å². The Bertz CT molecular complexity index is 832. The molecule has 0 saturated carbocycles. The van der Waals surface area contributed by atoms with Gasteiger partial charge in [0.05, 0.1) is 5.56 Å². The zero-order valence-electron chi connectivity index (χ0n) is 14.2. The van der Waals surface area contributed by atoms with Gasteiger partial charge in [0.1, 0.15) is 11.6 Å². The van der Waals surface area contributed by atoms with Crippen LogP contribution in [0.4, 0.5) is 16.2 Å². The topological polar surface area (TPSA) is 102 Å². The van der Waals surface area contributed by atoms with Crippen LogP contribution in [-0.4, -0.2) is 54.3 Å². The van der Waals surface area contributed by atoms with E-state index in [1.165, 1.54) is 12.1 Å². The number of halogens is 1. The number of nitrogens with two attached hydrogens (primary N) is 1. The Kier molecular flexibility index (Phi) is 4.54. The van der Waals surface area contributed by atoms with Crippen LogP contribution >= 0.6 is 0 Å². The van der Waals surface area contributed by atoms with E-state index in [2.05, 4.69) is 14.9 Å². The number of benzene rings is 1. The van der Waals surface area contributed by atoms with E-state index in [1.54, 1.807) is 12.1 Å². The molecule has 0 aliphatic carbocycles. The van der Waals surface area contributed by atoms with Gasteiger partial charge in [-0.15, -0.1) is 0 Å². The van der Waals surface area contributed by atoms with Crippen molar-refractivity contribution in [1.82, 2.24) is 14.9 Å². The predicted octanol–water partition coefficient (Wildman–Crippen LogP) is 1.02. The average molecular weight is 344 g/mol. The van der Waals surface area contributed by atoms with Crippen LogP contribution in [0.3, 0.4) is 0 Å². The minimum absolute atomic E-state index is 0.0420. The molecule has 0 radical (unpaired) electrons. The van der Waals surface area contributed by atoms with Gasteiger partial charge >= 0.3 is 0 Å². The fourth-order valence-electron chi connectivity index (χ4n) is 3.30. The maximum atomic E-state index is 13.2. The number of hydrogen-bond acceptors (Lipinski definition) is 6. The molecule has 1 saturated heterocycles. The maximum Gasteiger partial charge on any atom is 0.263 e. The molecule has 2 atom stereocenters. The number of H-pyrrole nitrogens is 1. The molecule has 8 heteroatoms. The first-order chi connectivity index (χ1) is 11.9. The molecular weight excluding hydrogens is 323 g/mol. The molecule has 3 rings (SSSR count). The van der Waals surface area contributed by atoms with Gasteiger partial charge < -0.3 is 20.9 Å². The number of anilines is 2. The Morgan fingerprint density at radius 2 is 2.04 bits per heavy atom. The summed E-state index contributed by atoms with van der Waals surface area (Å²) in [5.74, 6) is 0.315. The van der Waals surface area contributed by atoms with Gasteiger partial charge in [0.15, 0.2) is 0 Å². The van der Waals surface area contributed by atoms with Crippen LogP contribution in [0.5, 0.6) is 0 Å². The zero-order chi connectivity index (χ0) is 18.1. The quantitative estimate of drug-likeness (QED) is 0.719. The van der Waals surface area contributed by atoms with Crippen LogP contribution in [0.2, 0.25) is 0 Å². The fourth-order valence-corrected chi connectivity index (χ4v) is 3.30. The fraction of sp³-hybridized carbons (Fsp3) is 0.353. The van der Waals surface area contributed by atoms with Gasteiger partial charge in [-0.05, 0) is 31.8 Å². The molecule has 2 heterocycles. The molecule has 1 aromatic carbocycles. The van der Waals surface area contributed by atoms with E-state index in [9.17, 15) is 9.18 Å². The van der Waals surface area contributed by atoms with Gasteiger partial charge in [-0.3, -0.25) is 9.78 Å². The van der Waals surface area contributed by atoms with Gasteiger partial charge in [-0.2, -0.15) is 4.98 Å². The second-order valence-corrected chi connectivity index (χ2v) is 6.43. The SMILES string of the molecule is CN(C)C1CN(c2nc(N)c(C=N)c(=O)[nH]2)CC1c1ccc(F)cc1. The van der Waals surface area contributed by atoms with Crippen molar-refractivity contribution >= 4 is 18.0 Å². The summed E-state index contributed by atoms with van der Waals surface area (Å²) in [7, 11) is 3.99. The summed E-state index contributed by atoms with van der Waals surface area (Å²) >= 11 is 0. The Labute approximate surface area is 144 Å². The Morgan fingerprint density at radius 1 is 1.36 bits per heavy atom. The number of nitrogen functional groups attached to an aromatic ring is 1. The van der Waals surface area contributed by atoms with Gasteiger partial charge in [-0.25, -0.2) is 4.39 Å². The number of hydrogen-bond donors (Lipinski definition) is 3. The summed E-state index contributed by atoms with van der Waals surface area (Å²) < 4.78 is 13.2. The lowest BCUT2D eigenvalue weighted by Gasteiger charge is -2.25. The summed E-state index contributed by atoms with van der Waals surface area (Å²) in [5.41, 5.74) is 6.46. The van der Waals surface area contributed by atoms with Crippen LogP contribution in [0, 0.1) is 11.2 Å². The highest BCUT2D eigenvalue weighted by atomic mass is 19.1. The minimum Gasteiger partial charge on any atom is -0.383 e. The molecule has 0 amide bonds. The monoisotopic (exact) mass is 344 g/mol. The van der Waals surface area contributed by atoms with E-state index in [4.69, 9.17) is 11.1 Å². The molecule has 0 spiro atoms. The van der Waals surface area contributed by atoms with Gasteiger partial charge in [-0.1, -0.05) is 12.1 Å². The van der Waals surface area contributed by atoms with Crippen LogP contribution in [-0.2, 0) is 0 Å². The third-order valence-corrected chi connectivity index (χ3v) is 4.67. The number of likely N-dealkylation sites (N-methyl/N-ethyl adjacent to an activating group) is 1. The molecule has 25 heavy (non-hydrogen) atoms. The summed E-state index contributed by atoms with van der Waals surface area (Å²) in [6.45, 7) is 1.28. The van der Waals surface area contributed by atoms with Gasteiger partial charge in [0.25, 0.3) is 5.56 Å². The third-order valence-electron chi connectivity index (χ3n) is 4.67. The number of nitrogens with one attached hydrogen (secondary N) is 2. The molecule has 132 valence electrons. The molecule has 0 bridgehead atoms. The molecule has 1 aromatic heterocycles. The summed E-state index contributed by atoms with van der Waals surface area (Å²) in [6, 6.07) is 6.69. The lowest BCUT2D eigenvalue weighted by molar-refractivity contribution is 0.292. The summed E-state index contributed by atoms with van der Waals surface area (Å²) in [5, 5.41) is 7.24. The maximum absolute atomic E-state index is 13.2. The van der Waals surface area contributed by atoms with Crippen molar-refractivity contribution < 1.29 is 4.39 Å². The Hall–Kier alpha value is -2.74. The number of aromatic nitrogens is 2. The van der Waals surface area contributed by atoms with Crippen molar-refractivity contribution in [2.45, 2.75) is 12.0 Å². The van der Waals surface area contributed by atoms with Crippen LogP contribution < -0.4 is 16.2 Å². The number of nitrogens with zero attached hydrogens (tertiary/aromatic N) is 3. The molecule has 2 aromatic rings. The van der Waals surface area contributed by atoms with Gasteiger partial charge in [0, 0.05) is 31.3 Å². The predicted molar refractivity (Wildman–Crippen MR) is 96.0 cm³/mol. The Balaban J connectivity index is 1.94. The first kappa shape index (κ1) is 17.1. The lowest BCUT2D eigenvalue weighted by atomic mass is 9.94. The van der Waals surface area contributed by atoms with E-state index in [0.29, 0.717) is 19.0 Å². The van der Waals surface area contributed by atoms with E-state index in [1.807, 2.05) is 19.0 Å². The van der Waals surface area contributed by atoms with Crippen LogP contribution in [0.25, 0.3) is 0 Å². The Morgan fingerprint density at radius 3 is 2.60 bits per heavy atom. The lowest BCUT2D eigenvalue weighted by Crippen LogP contribution is -2.35. The molecule has 1 fully saturated rings. The molecule has 4 N–H and O–H groups in total. The molecule has 7 nitrogen and oxygen atoms in total. The van der Waals surface area contributed by atoms with Crippen molar-refractivity contribution in [3.8, 4) is 0 Å². The first-order valence-corrected chi connectivity index (χ1v) is 7.97.